The quantitative estimate of drug-likeness (QED) is 0.641. The molecule has 0 fully saturated rings. The Hall–Kier alpha value is -1.76. The fourth-order valence-corrected chi connectivity index (χ4v) is 3.04. The molecular weight excluding hydrogens is 194 g/mol. The van der Waals surface area contributed by atoms with Crippen LogP contribution in [-0.2, 0) is 13.0 Å². The minimum atomic E-state index is 1.08. The van der Waals surface area contributed by atoms with Crippen LogP contribution in [0.1, 0.15) is 11.1 Å². The number of hydrogen-bond donors (Lipinski definition) is 0. The Morgan fingerprint density at radius 2 is 1.62 bits per heavy atom. The number of benzene rings is 2. The molecule has 2 aliphatic heterocycles. The molecule has 0 bridgehead atoms. The molecule has 16 heavy (non-hydrogen) atoms. The van der Waals surface area contributed by atoms with E-state index in [1.54, 1.807) is 0 Å². The summed E-state index contributed by atoms with van der Waals surface area (Å²) >= 11 is 0. The predicted octanol–water partition coefficient (Wildman–Crippen LogP) is 3.23. The molecular formula is C15H13N. The topological polar surface area (TPSA) is 3.24 Å². The minimum Gasteiger partial charge on any atom is -0.366 e. The van der Waals surface area contributed by atoms with Gasteiger partial charge in [-0.3, -0.25) is 0 Å². The second-order valence-electron chi connectivity index (χ2n) is 4.64. The van der Waals surface area contributed by atoms with Crippen LogP contribution < -0.4 is 4.90 Å². The van der Waals surface area contributed by atoms with Crippen LogP contribution in [0.2, 0.25) is 0 Å². The lowest BCUT2D eigenvalue weighted by Crippen LogP contribution is -2.23. The molecule has 0 N–H and O–H groups in total. The van der Waals surface area contributed by atoms with E-state index in [4.69, 9.17) is 0 Å². The zero-order valence-corrected chi connectivity index (χ0v) is 9.11. The van der Waals surface area contributed by atoms with Crippen molar-refractivity contribution >= 4 is 5.69 Å². The molecule has 0 aliphatic carbocycles. The van der Waals surface area contributed by atoms with Crippen molar-refractivity contribution in [1.29, 1.82) is 0 Å². The first kappa shape index (κ1) is 8.40. The Morgan fingerprint density at radius 1 is 0.812 bits per heavy atom. The molecule has 0 aromatic heterocycles. The van der Waals surface area contributed by atoms with E-state index in [2.05, 4.69) is 47.4 Å². The molecule has 2 aliphatic rings. The first-order valence-electron chi connectivity index (χ1n) is 5.88. The minimum absolute atomic E-state index is 1.08. The van der Waals surface area contributed by atoms with Gasteiger partial charge in [-0.1, -0.05) is 42.5 Å². The molecule has 1 heteroatoms. The molecule has 0 saturated carbocycles. The van der Waals surface area contributed by atoms with Crippen molar-refractivity contribution in [1.82, 2.24) is 0 Å². The fourth-order valence-electron chi connectivity index (χ4n) is 3.04. The molecule has 1 nitrogen and oxygen atoms in total. The van der Waals surface area contributed by atoms with Gasteiger partial charge in [-0.25, -0.2) is 0 Å². The highest BCUT2D eigenvalue weighted by atomic mass is 15.2. The zero-order valence-electron chi connectivity index (χ0n) is 9.11. The third-order valence-electron chi connectivity index (χ3n) is 3.76. The van der Waals surface area contributed by atoms with Crippen LogP contribution >= 0.6 is 0 Å². The maximum atomic E-state index is 2.52. The van der Waals surface area contributed by atoms with Gasteiger partial charge in [-0.05, 0) is 23.1 Å². The molecule has 2 aromatic carbocycles. The summed E-state index contributed by atoms with van der Waals surface area (Å²) in [5.74, 6) is 0. The lowest BCUT2D eigenvalue weighted by Gasteiger charge is -2.29. The van der Waals surface area contributed by atoms with E-state index >= 15 is 0 Å². The van der Waals surface area contributed by atoms with Crippen molar-refractivity contribution in [2.24, 2.45) is 0 Å². The van der Waals surface area contributed by atoms with Crippen LogP contribution in [0.4, 0.5) is 5.69 Å². The van der Waals surface area contributed by atoms with Gasteiger partial charge >= 0.3 is 0 Å². The lowest BCUT2D eigenvalue weighted by atomic mass is 9.93. The average Bonchev–Trinajstić information content (AvgIpc) is 2.75. The highest BCUT2D eigenvalue weighted by Crippen LogP contribution is 2.43. The summed E-state index contributed by atoms with van der Waals surface area (Å²) < 4.78 is 0. The molecule has 0 saturated heterocycles. The van der Waals surface area contributed by atoms with E-state index in [9.17, 15) is 0 Å². The Morgan fingerprint density at radius 3 is 2.62 bits per heavy atom. The summed E-state index contributed by atoms with van der Waals surface area (Å²) in [5.41, 5.74) is 7.33. The maximum absolute atomic E-state index is 2.52. The Balaban J connectivity index is 2.07. The van der Waals surface area contributed by atoms with Crippen LogP contribution in [0.25, 0.3) is 11.1 Å². The summed E-state index contributed by atoms with van der Waals surface area (Å²) in [4.78, 5) is 2.52. The molecule has 0 unspecified atom stereocenters. The molecule has 2 aromatic rings. The Kier molecular flexibility index (Phi) is 1.51. The van der Waals surface area contributed by atoms with Crippen molar-refractivity contribution < 1.29 is 0 Å². The third-order valence-corrected chi connectivity index (χ3v) is 3.76. The number of para-hydroxylation sites is 1. The average molecular weight is 207 g/mol. The van der Waals surface area contributed by atoms with E-state index in [1.807, 2.05) is 0 Å². The fraction of sp³-hybridized carbons (Fsp3) is 0.200. The van der Waals surface area contributed by atoms with Gasteiger partial charge in [0.2, 0.25) is 0 Å². The van der Waals surface area contributed by atoms with E-state index in [1.165, 1.54) is 40.9 Å². The second kappa shape index (κ2) is 2.88. The molecule has 4 rings (SSSR count). The molecule has 0 atom stereocenters. The molecule has 0 radical (unpaired) electrons. The zero-order chi connectivity index (χ0) is 10.5. The van der Waals surface area contributed by atoms with Gasteiger partial charge in [-0.15, -0.1) is 0 Å². The number of fused-ring (bicyclic) bond motifs is 2. The van der Waals surface area contributed by atoms with Gasteiger partial charge in [0.1, 0.15) is 0 Å². The molecule has 0 amide bonds. The molecule has 2 heterocycles. The predicted molar refractivity (Wildman–Crippen MR) is 66.6 cm³/mol. The van der Waals surface area contributed by atoms with Crippen molar-refractivity contribution in [2.75, 3.05) is 11.4 Å². The smallest absolute Gasteiger partial charge is 0.0482 e. The van der Waals surface area contributed by atoms with Crippen LogP contribution in [0.15, 0.2) is 42.5 Å². The van der Waals surface area contributed by atoms with Crippen LogP contribution in [0.5, 0.6) is 0 Å². The SMILES string of the molecule is c1ccc2c(c1)CN1CCc3cccc-2c31. The van der Waals surface area contributed by atoms with Crippen LogP contribution in [-0.4, -0.2) is 6.54 Å². The summed E-state index contributed by atoms with van der Waals surface area (Å²) in [6.07, 6.45) is 1.21. The van der Waals surface area contributed by atoms with E-state index in [-0.39, 0.29) is 0 Å². The van der Waals surface area contributed by atoms with E-state index in [0.717, 1.165) is 6.54 Å². The van der Waals surface area contributed by atoms with Crippen molar-refractivity contribution in [2.45, 2.75) is 13.0 Å². The van der Waals surface area contributed by atoms with E-state index < -0.39 is 0 Å². The highest BCUT2D eigenvalue weighted by molar-refractivity contribution is 5.86. The number of nitrogens with zero attached hydrogens (tertiary/aromatic N) is 1. The van der Waals surface area contributed by atoms with Gasteiger partial charge in [0.15, 0.2) is 0 Å². The van der Waals surface area contributed by atoms with Gasteiger partial charge in [-0.2, -0.15) is 0 Å². The summed E-state index contributed by atoms with van der Waals surface area (Å²) in [7, 11) is 0. The maximum Gasteiger partial charge on any atom is 0.0482 e. The number of hydrogen-bond acceptors (Lipinski definition) is 1. The van der Waals surface area contributed by atoms with Gasteiger partial charge in [0, 0.05) is 24.3 Å². The second-order valence-corrected chi connectivity index (χ2v) is 4.64. The van der Waals surface area contributed by atoms with Gasteiger partial charge in [0.05, 0.1) is 0 Å². The highest BCUT2D eigenvalue weighted by Gasteiger charge is 2.27. The number of rotatable bonds is 0. The third kappa shape index (κ3) is 0.955. The van der Waals surface area contributed by atoms with Crippen molar-refractivity contribution in [3.8, 4) is 11.1 Å². The molecule has 78 valence electrons. The van der Waals surface area contributed by atoms with Crippen molar-refractivity contribution in [3.05, 3.63) is 53.6 Å². The summed E-state index contributed by atoms with van der Waals surface area (Å²) in [6.45, 7) is 2.26. The van der Waals surface area contributed by atoms with Crippen LogP contribution in [0, 0.1) is 0 Å². The monoisotopic (exact) mass is 207 g/mol. The van der Waals surface area contributed by atoms with E-state index in [0.29, 0.717) is 0 Å². The summed E-state index contributed by atoms with van der Waals surface area (Å²) in [6, 6.07) is 15.5. The van der Waals surface area contributed by atoms with Gasteiger partial charge < -0.3 is 4.90 Å². The summed E-state index contributed by atoms with van der Waals surface area (Å²) in [5, 5.41) is 0. The first-order valence-corrected chi connectivity index (χ1v) is 5.88. The Bertz CT molecular complexity index is 571. The first-order chi connectivity index (χ1) is 7.93. The largest absolute Gasteiger partial charge is 0.366 e. The van der Waals surface area contributed by atoms with Gasteiger partial charge in [0.25, 0.3) is 0 Å². The van der Waals surface area contributed by atoms with Crippen molar-refractivity contribution in [3.63, 3.8) is 0 Å². The van der Waals surface area contributed by atoms with Crippen LogP contribution in [0.3, 0.4) is 0 Å². The standard InChI is InChI=1S/C15H13N/c1-2-6-13-12(4-1)10-16-9-8-11-5-3-7-14(13)15(11)16/h1-7H,8-10H2. The Labute approximate surface area is 95.3 Å². The normalized spacial score (nSPS) is 15.9. The lowest BCUT2D eigenvalue weighted by molar-refractivity contribution is 0.830. The molecule has 0 spiro atoms. The number of anilines is 1.